The predicted molar refractivity (Wildman–Crippen MR) is 70.4 cm³/mol. The van der Waals surface area contributed by atoms with E-state index < -0.39 is 10.8 Å². The van der Waals surface area contributed by atoms with Gasteiger partial charge in [-0.15, -0.1) is 0 Å². The molecule has 2 atom stereocenters. The number of hydrogen-bond donors (Lipinski definition) is 1. The summed E-state index contributed by atoms with van der Waals surface area (Å²) in [6.45, 7) is 0. The van der Waals surface area contributed by atoms with E-state index in [9.17, 15) is 4.21 Å². The zero-order valence-corrected chi connectivity index (χ0v) is 10.8. The summed E-state index contributed by atoms with van der Waals surface area (Å²) in [7, 11) is -0.911. The number of rotatable bonds is 4. The van der Waals surface area contributed by atoms with Gasteiger partial charge in [0.1, 0.15) is 0 Å². The summed E-state index contributed by atoms with van der Waals surface area (Å²) >= 11 is 0. The molecule has 3 heteroatoms. The third-order valence-electron chi connectivity index (χ3n) is 3.90. The number of fused-ring (bicyclic) bond motifs is 1. The van der Waals surface area contributed by atoms with Crippen LogP contribution in [0.15, 0.2) is 23.1 Å². The van der Waals surface area contributed by atoms with Gasteiger partial charge in [-0.1, -0.05) is 6.07 Å². The Kier molecular flexibility index (Phi) is 3.05. The Hall–Kier alpha value is -0.670. The van der Waals surface area contributed by atoms with Gasteiger partial charge >= 0.3 is 0 Å². The molecule has 0 aromatic heterocycles. The first kappa shape index (κ1) is 11.4. The van der Waals surface area contributed by atoms with Crippen molar-refractivity contribution in [3.63, 3.8) is 0 Å². The van der Waals surface area contributed by atoms with Crippen molar-refractivity contribution in [3.05, 3.63) is 29.3 Å². The summed E-state index contributed by atoms with van der Waals surface area (Å²) in [4.78, 5) is 0.974. The Morgan fingerprint density at radius 3 is 2.82 bits per heavy atom. The van der Waals surface area contributed by atoms with Crippen LogP contribution in [0.1, 0.15) is 30.4 Å². The van der Waals surface area contributed by atoms with E-state index in [1.165, 1.54) is 36.8 Å². The molecule has 92 valence electrons. The molecule has 0 spiro atoms. The molecule has 1 saturated carbocycles. The summed E-state index contributed by atoms with van der Waals surface area (Å²) in [5, 5.41) is 0. The van der Waals surface area contributed by atoms with Crippen LogP contribution in [-0.2, 0) is 23.6 Å². The van der Waals surface area contributed by atoms with Gasteiger partial charge in [0, 0.05) is 16.7 Å². The van der Waals surface area contributed by atoms with Crippen LogP contribution in [0.25, 0.3) is 0 Å². The lowest BCUT2D eigenvalue weighted by Gasteiger charge is -2.10. The second-order valence-corrected chi connectivity index (χ2v) is 6.79. The van der Waals surface area contributed by atoms with E-state index in [1.807, 2.05) is 6.07 Å². The Morgan fingerprint density at radius 1 is 1.29 bits per heavy atom. The molecule has 2 N–H and O–H groups in total. The smallest absolute Gasteiger partial charge is 0.0545 e. The monoisotopic (exact) mass is 249 g/mol. The fraction of sp³-hybridized carbons (Fsp3) is 0.571. The summed E-state index contributed by atoms with van der Waals surface area (Å²) < 4.78 is 12.2. The maximum Gasteiger partial charge on any atom is 0.0545 e. The van der Waals surface area contributed by atoms with E-state index in [4.69, 9.17) is 5.73 Å². The van der Waals surface area contributed by atoms with Crippen LogP contribution in [0.3, 0.4) is 0 Å². The number of benzene rings is 1. The highest BCUT2D eigenvalue weighted by atomic mass is 32.2. The first-order valence-corrected chi connectivity index (χ1v) is 7.81. The van der Waals surface area contributed by atoms with E-state index >= 15 is 0 Å². The number of aryl methyl sites for hydroxylation is 2. The quantitative estimate of drug-likeness (QED) is 0.887. The standard InChI is InChI=1S/C14H19NOS/c15-14(11-4-5-11)9-17(16)13-7-6-10-2-1-3-12(10)8-13/h6-8,11,14H,1-5,9,15H2. The normalized spacial score (nSPS) is 22.2. The van der Waals surface area contributed by atoms with Crippen molar-refractivity contribution in [2.45, 2.75) is 43.0 Å². The Balaban J connectivity index is 1.72. The van der Waals surface area contributed by atoms with Crippen molar-refractivity contribution in [1.82, 2.24) is 0 Å². The van der Waals surface area contributed by atoms with Crippen LogP contribution in [0.2, 0.25) is 0 Å². The van der Waals surface area contributed by atoms with Gasteiger partial charge in [-0.25, -0.2) is 0 Å². The van der Waals surface area contributed by atoms with Gasteiger partial charge in [0.25, 0.3) is 0 Å². The molecule has 2 aliphatic carbocycles. The summed E-state index contributed by atoms with van der Waals surface area (Å²) in [5.41, 5.74) is 8.88. The van der Waals surface area contributed by atoms with Crippen LogP contribution in [0.5, 0.6) is 0 Å². The van der Waals surface area contributed by atoms with Crippen LogP contribution in [0, 0.1) is 5.92 Å². The molecule has 0 aliphatic heterocycles. The Labute approximate surface area is 105 Å². The van der Waals surface area contributed by atoms with E-state index in [2.05, 4.69) is 12.1 Å². The molecule has 1 fully saturated rings. The fourth-order valence-corrected chi connectivity index (χ4v) is 3.93. The molecule has 0 saturated heterocycles. The first-order valence-electron chi connectivity index (χ1n) is 6.50. The van der Waals surface area contributed by atoms with Gasteiger partial charge in [0.15, 0.2) is 0 Å². The van der Waals surface area contributed by atoms with E-state index in [0.29, 0.717) is 11.7 Å². The van der Waals surface area contributed by atoms with Crippen molar-refractivity contribution in [3.8, 4) is 0 Å². The third kappa shape index (κ3) is 2.45. The average Bonchev–Trinajstić information content (AvgIpc) is 3.07. The zero-order chi connectivity index (χ0) is 11.8. The van der Waals surface area contributed by atoms with E-state index in [0.717, 1.165) is 11.3 Å². The highest BCUT2D eigenvalue weighted by molar-refractivity contribution is 7.85. The molecular weight excluding hydrogens is 230 g/mol. The van der Waals surface area contributed by atoms with Crippen LogP contribution in [-0.4, -0.2) is 16.0 Å². The topological polar surface area (TPSA) is 43.1 Å². The van der Waals surface area contributed by atoms with Crippen molar-refractivity contribution in [1.29, 1.82) is 0 Å². The lowest BCUT2D eigenvalue weighted by atomic mass is 10.1. The van der Waals surface area contributed by atoms with Gasteiger partial charge in [-0.3, -0.25) is 4.21 Å². The van der Waals surface area contributed by atoms with Crippen molar-refractivity contribution >= 4 is 10.8 Å². The van der Waals surface area contributed by atoms with E-state index in [-0.39, 0.29) is 6.04 Å². The summed E-state index contributed by atoms with van der Waals surface area (Å²) in [6, 6.07) is 6.44. The molecule has 2 nitrogen and oxygen atoms in total. The molecule has 2 unspecified atom stereocenters. The SMILES string of the molecule is NC(CS(=O)c1ccc2c(c1)CCC2)C1CC1. The van der Waals surface area contributed by atoms with E-state index in [1.54, 1.807) is 0 Å². The minimum atomic E-state index is -0.911. The molecule has 2 aliphatic rings. The highest BCUT2D eigenvalue weighted by Gasteiger charge is 2.29. The van der Waals surface area contributed by atoms with Gasteiger partial charge in [0.2, 0.25) is 0 Å². The van der Waals surface area contributed by atoms with Crippen LogP contribution in [0.4, 0.5) is 0 Å². The molecule has 1 aromatic rings. The lowest BCUT2D eigenvalue weighted by molar-refractivity contribution is 0.634. The predicted octanol–water partition coefficient (Wildman–Crippen LogP) is 2.02. The fourth-order valence-electron chi connectivity index (χ4n) is 2.62. The molecule has 17 heavy (non-hydrogen) atoms. The average molecular weight is 249 g/mol. The number of nitrogens with two attached hydrogens (primary N) is 1. The zero-order valence-electron chi connectivity index (χ0n) is 10.0. The largest absolute Gasteiger partial charge is 0.327 e. The molecule has 0 radical (unpaired) electrons. The number of hydrogen-bond acceptors (Lipinski definition) is 2. The van der Waals surface area contributed by atoms with Crippen molar-refractivity contribution in [2.75, 3.05) is 5.75 Å². The maximum atomic E-state index is 12.2. The minimum absolute atomic E-state index is 0.129. The van der Waals surface area contributed by atoms with Gasteiger partial charge in [0.05, 0.1) is 10.8 Å². The van der Waals surface area contributed by atoms with Gasteiger partial charge in [-0.05, 0) is 61.3 Å². The molecule has 1 aromatic carbocycles. The third-order valence-corrected chi connectivity index (χ3v) is 5.37. The maximum absolute atomic E-state index is 12.2. The second-order valence-electron chi connectivity index (χ2n) is 5.30. The molecular formula is C14H19NOS. The highest BCUT2D eigenvalue weighted by Crippen LogP contribution is 2.32. The van der Waals surface area contributed by atoms with Crippen LogP contribution < -0.4 is 5.73 Å². The Morgan fingerprint density at radius 2 is 2.06 bits per heavy atom. The summed E-state index contributed by atoms with van der Waals surface area (Å²) in [6.07, 6.45) is 6.02. The van der Waals surface area contributed by atoms with Crippen LogP contribution >= 0.6 is 0 Å². The molecule has 0 bridgehead atoms. The lowest BCUT2D eigenvalue weighted by Crippen LogP contribution is -2.29. The van der Waals surface area contributed by atoms with Crippen molar-refractivity contribution in [2.24, 2.45) is 11.7 Å². The summed E-state index contributed by atoms with van der Waals surface area (Å²) in [5.74, 6) is 1.26. The first-order chi connectivity index (χ1) is 8.24. The van der Waals surface area contributed by atoms with Gasteiger partial charge in [-0.2, -0.15) is 0 Å². The molecule has 0 amide bonds. The van der Waals surface area contributed by atoms with Crippen molar-refractivity contribution < 1.29 is 4.21 Å². The molecule has 0 heterocycles. The Bertz CT molecular complexity index is 454. The molecule has 3 rings (SSSR count). The minimum Gasteiger partial charge on any atom is -0.327 e. The second kappa shape index (κ2) is 4.54. The van der Waals surface area contributed by atoms with Gasteiger partial charge < -0.3 is 5.73 Å².